The molecule has 1 aromatic heterocycles. The van der Waals surface area contributed by atoms with Gasteiger partial charge in [0.05, 0.1) is 17.5 Å². The summed E-state index contributed by atoms with van der Waals surface area (Å²) in [7, 11) is 0. The predicted octanol–water partition coefficient (Wildman–Crippen LogP) is 4.38. The first-order valence-electron chi connectivity index (χ1n) is 9.95. The summed E-state index contributed by atoms with van der Waals surface area (Å²) in [5.74, 6) is 0.644. The van der Waals surface area contributed by atoms with Crippen molar-refractivity contribution in [2.45, 2.75) is 49.8 Å². The van der Waals surface area contributed by atoms with E-state index in [1.807, 2.05) is 55.5 Å². The number of rotatable bonds is 9. The van der Waals surface area contributed by atoms with Gasteiger partial charge in [-0.05, 0) is 56.7 Å². The zero-order valence-electron chi connectivity index (χ0n) is 17.4. The number of nitrogens with zero attached hydrogens (tertiary/aromatic N) is 2. The minimum Gasteiger partial charge on any atom is -0.494 e. The lowest BCUT2D eigenvalue weighted by atomic mass is 10.2. The smallest absolute Gasteiger partial charge is 0.319 e. The Labute approximate surface area is 179 Å². The molecular weight excluding hydrogens is 400 g/mol. The number of carbonyl (C=O) groups is 1. The minimum absolute atomic E-state index is 0.0140. The monoisotopic (exact) mass is 426 g/mol. The second kappa shape index (κ2) is 9.34. The Bertz CT molecular complexity index is 1090. The van der Waals surface area contributed by atoms with Gasteiger partial charge in [0, 0.05) is 17.9 Å². The van der Waals surface area contributed by atoms with Crippen molar-refractivity contribution in [1.29, 1.82) is 0 Å². The number of aromatic nitrogens is 2. The van der Waals surface area contributed by atoms with Crippen LogP contribution in [0, 0.1) is 0 Å². The molecule has 0 fully saturated rings. The van der Waals surface area contributed by atoms with E-state index in [0.29, 0.717) is 37.1 Å². The second-order valence-electron chi connectivity index (χ2n) is 7.45. The SMILES string of the molecule is CCc1nc2ccccc2c(=O)n1CCCOc1ccc(SC(C)(C)C(=O)O)cc1. The number of hydrogen-bond acceptors (Lipinski definition) is 5. The molecule has 2 aromatic carbocycles. The number of carboxylic acids is 1. The summed E-state index contributed by atoms with van der Waals surface area (Å²) < 4.78 is 6.65. The molecule has 0 amide bonds. The summed E-state index contributed by atoms with van der Waals surface area (Å²) in [4.78, 5) is 29.6. The van der Waals surface area contributed by atoms with Crippen LogP contribution in [0.25, 0.3) is 10.9 Å². The fraction of sp³-hybridized carbons (Fsp3) is 0.348. The summed E-state index contributed by atoms with van der Waals surface area (Å²) in [6.45, 7) is 6.36. The highest BCUT2D eigenvalue weighted by Crippen LogP contribution is 2.33. The predicted molar refractivity (Wildman–Crippen MR) is 120 cm³/mol. The third kappa shape index (κ3) is 5.02. The van der Waals surface area contributed by atoms with Crippen LogP contribution in [0.2, 0.25) is 0 Å². The van der Waals surface area contributed by atoms with E-state index in [-0.39, 0.29) is 5.56 Å². The van der Waals surface area contributed by atoms with Gasteiger partial charge in [0.1, 0.15) is 16.3 Å². The number of carboxylic acid groups (broad SMARTS) is 1. The number of thioether (sulfide) groups is 1. The lowest BCUT2D eigenvalue weighted by molar-refractivity contribution is -0.138. The first kappa shape index (κ1) is 21.9. The molecule has 0 bridgehead atoms. The third-order valence-corrected chi connectivity index (χ3v) is 5.96. The maximum absolute atomic E-state index is 12.8. The van der Waals surface area contributed by atoms with Crippen molar-refractivity contribution in [1.82, 2.24) is 9.55 Å². The zero-order chi connectivity index (χ0) is 21.7. The third-order valence-electron chi connectivity index (χ3n) is 4.76. The van der Waals surface area contributed by atoms with Crippen LogP contribution in [0.15, 0.2) is 58.2 Å². The number of ether oxygens (including phenoxy) is 1. The van der Waals surface area contributed by atoms with Crippen molar-refractivity contribution in [2.75, 3.05) is 6.61 Å². The summed E-state index contributed by atoms with van der Waals surface area (Å²) in [6.07, 6.45) is 1.36. The van der Waals surface area contributed by atoms with E-state index in [1.165, 1.54) is 11.8 Å². The first-order chi connectivity index (χ1) is 14.3. The van der Waals surface area contributed by atoms with Gasteiger partial charge in [0.25, 0.3) is 5.56 Å². The topological polar surface area (TPSA) is 81.4 Å². The summed E-state index contributed by atoms with van der Waals surface area (Å²) in [5, 5.41) is 9.87. The largest absolute Gasteiger partial charge is 0.494 e. The second-order valence-corrected chi connectivity index (χ2v) is 9.14. The molecular formula is C23H26N2O4S. The molecule has 3 rings (SSSR count). The van der Waals surface area contributed by atoms with Gasteiger partial charge < -0.3 is 9.84 Å². The van der Waals surface area contributed by atoms with E-state index in [2.05, 4.69) is 4.98 Å². The van der Waals surface area contributed by atoms with Crippen molar-refractivity contribution in [3.05, 3.63) is 64.7 Å². The molecule has 0 radical (unpaired) electrons. The lowest BCUT2D eigenvalue weighted by Gasteiger charge is -2.18. The van der Waals surface area contributed by atoms with Gasteiger partial charge in [-0.15, -0.1) is 11.8 Å². The lowest BCUT2D eigenvalue weighted by Crippen LogP contribution is -2.26. The number of aryl methyl sites for hydroxylation is 1. The molecule has 0 saturated heterocycles. The van der Waals surface area contributed by atoms with E-state index in [1.54, 1.807) is 18.4 Å². The van der Waals surface area contributed by atoms with Crippen molar-refractivity contribution < 1.29 is 14.6 Å². The number of hydrogen-bond donors (Lipinski definition) is 1. The molecule has 0 spiro atoms. The molecule has 3 aromatic rings. The van der Waals surface area contributed by atoms with E-state index >= 15 is 0 Å². The van der Waals surface area contributed by atoms with Crippen molar-refractivity contribution in [2.24, 2.45) is 0 Å². The van der Waals surface area contributed by atoms with Gasteiger partial charge >= 0.3 is 5.97 Å². The summed E-state index contributed by atoms with van der Waals surface area (Å²) in [6, 6.07) is 14.8. The van der Waals surface area contributed by atoms with Gasteiger partial charge in [-0.25, -0.2) is 4.98 Å². The molecule has 1 N–H and O–H groups in total. The average Bonchev–Trinajstić information content (AvgIpc) is 2.73. The summed E-state index contributed by atoms with van der Waals surface area (Å²) in [5.41, 5.74) is 0.718. The van der Waals surface area contributed by atoms with E-state index in [4.69, 9.17) is 4.74 Å². The Morgan fingerprint density at radius 1 is 1.17 bits per heavy atom. The Balaban J connectivity index is 1.60. The van der Waals surface area contributed by atoms with E-state index in [9.17, 15) is 14.7 Å². The highest BCUT2D eigenvalue weighted by atomic mass is 32.2. The molecule has 0 unspecified atom stereocenters. The van der Waals surface area contributed by atoms with E-state index < -0.39 is 10.7 Å². The van der Waals surface area contributed by atoms with Crippen molar-refractivity contribution >= 4 is 28.6 Å². The van der Waals surface area contributed by atoms with Crippen LogP contribution >= 0.6 is 11.8 Å². The van der Waals surface area contributed by atoms with Crippen LogP contribution in [-0.2, 0) is 17.8 Å². The van der Waals surface area contributed by atoms with Gasteiger partial charge in [-0.1, -0.05) is 19.1 Å². The summed E-state index contributed by atoms with van der Waals surface area (Å²) >= 11 is 1.29. The Kier molecular flexibility index (Phi) is 6.82. The molecule has 1 heterocycles. The molecule has 0 aliphatic rings. The minimum atomic E-state index is -0.888. The maximum Gasteiger partial charge on any atom is 0.319 e. The van der Waals surface area contributed by atoms with Crippen LogP contribution in [0.3, 0.4) is 0 Å². The fourth-order valence-corrected chi connectivity index (χ4v) is 4.02. The normalized spacial score (nSPS) is 11.6. The molecule has 30 heavy (non-hydrogen) atoms. The van der Waals surface area contributed by atoms with Crippen LogP contribution in [0.1, 0.15) is 33.0 Å². The van der Waals surface area contributed by atoms with Crippen LogP contribution < -0.4 is 10.3 Å². The van der Waals surface area contributed by atoms with Crippen molar-refractivity contribution in [3.63, 3.8) is 0 Å². The highest BCUT2D eigenvalue weighted by molar-refractivity contribution is 8.01. The first-order valence-corrected chi connectivity index (χ1v) is 10.8. The number of benzene rings is 2. The Hall–Kier alpha value is -2.80. The fourth-order valence-electron chi connectivity index (χ4n) is 3.07. The van der Waals surface area contributed by atoms with Crippen LogP contribution in [-0.4, -0.2) is 32.0 Å². The Morgan fingerprint density at radius 2 is 1.87 bits per heavy atom. The number of aliphatic carboxylic acids is 1. The zero-order valence-corrected chi connectivity index (χ0v) is 18.2. The van der Waals surface area contributed by atoms with Gasteiger partial charge in [0.15, 0.2) is 0 Å². The Morgan fingerprint density at radius 3 is 2.53 bits per heavy atom. The number of para-hydroxylation sites is 1. The molecule has 0 aliphatic carbocycles. The van der Waals surface area contributed by atoms with Gasteiger partial charge in [-0.3, -0.25) is 14.2 Å². The quantitative estimate of drug-likeness (QED) is 0.404. The molecule has 158 valence electrons. The van der Waals surface area contributed by atoms with Crippen LogP contribution in [0.5, 0.6) is 5.75 Å². The maximum atomic E-state index is 12.8. The van der Waals surface area contributed by atoms with Crippen LogP contribution in [0.4, 0.5) is 0 Å². The highest BCUT2D eigenvalue weighted by Gasteiger charge is 2.28. The standard InChI is InChI=1S/C23H26N2O4S/c1-4-20-24-19-9-6-5-8-18(19)21(26)25(20)14-7-15-29-16-10-12-17(13-11-16)30-23(2,3)22(27)28/h5-6,8-13H,4,7,14-15H2,1-3H3,(H,27,28). The van der Waals surface area contributed by atoms with Gasteiger partial charge in [0.2, 0.25) is 0 Å². The average molecular weight is 427 g/mol. The molecule has 6 nitrogen and oxygen atoms in total. The van der Waals surface area contributed by atoms with Crippen molar-refractivity contribution in [3.8, 4) is 5.75 Å². The van der Waals surface area contributed by atoms with Gasteiger partial charge in [-0.2, -0.15) is 0 Å². The molecule has 0 aliphatic heterocycles. The number of fused-ring (bicyclic) bond motifs is 1. The molecule has 0 saturated carbocycles. The molecule has 0 atom stereocenters. The molecule has 7 heteroatoms. The van der Waals surface area contributed by atoms with E-state index in [0.717, 1.165) is 16.2 Å².